The van der Waals surface area contributed by atoms with Crippen molar-refractivity contribution in [2.75, 3.05) is 10.6 Å². The summed E-state index contributed by atoms with van der Waals surface area (Å²) in [6, 6.07) is 16.1. The first-order valence-electron chi connectivity index (χ1n) is 10.1. The fourth-order valence-corrected chi connectivity index (χ4v) is 3.22. The van der Waals surface area contributed by atoms with Crippen LogP contribution in [0.2, 0.25) is 0 Å². The van der Waals surface area contributed by atoms with Crippen molar-refractivity contribution in [2.45, 2.75) is 40.3 Å². The smallest absolute Gasteiger partial charge is 0.274 e. The Morgan fingerprint density at radius 3 is 2.40 bits per heavy atom. The summed E-state index contributed by atoms with van der Waals surface area (Å²) >= 11 is 0. The van der Waals surface area contributed by atoms with E-state index in [0.29, 0.717) is 30.5 Å². The minimum absolute atomic E-state index is 0.190. The van der Waals surface area contributed by atoms with Gasteiger partial charge in [-0.2, -0.15) is 9.50 Å². The number of nitrogens with zero attached hydrogens (tertiary/aromatic N) is 3. The number of aromatic nitrogens is 4. The van der Waals surface area contributed by atoms with Crippen molar-refractivity contribution in [1.82, 2.24) is 19.6 Å². The number of anilines is 2. The van der Waals surface area contributed by atoms with Gasteiger partial charge in [0.25, 0.3) is 11.3 Å². The topological polar surface area (TPSA) is 87.1 Å². The van der Waals surface area contributed by atoms with Crippen LogP contribution in [0.5, 0.6) is 0 Å². The highest BCUT2D eigenvalue weighted by molar-refractivity contribution is 5.48. The van der Waals surface area contributed by atoms with Crippen LogP contribution in [0, 0.1) is 13.8 Å². The zero-order chi connectivity index (χ0) is 21.1. The average Bonchev–Trinajstić information content (AvgIpc) is 3.17. The lowest BCUT2D eigenvalue weighted by atomic mass is 10.1. The van der Waals surface area contributed by atoms with E-state index in [2.05, 4.69) is 82.9 Å². The first-order chi connectivity index (χ1) is 14.5. The number of nitrogens with one attached hydrogen (secondary N) is 3. The molecule has 4 aromatic rings. The summed E-state index contributed by atoms with van der Waals surface area (Å²) < 4.78 is 1.35. The lowest BCUT2D eigenvalue weighted by Gasteiger charge is -2.08. The molecule has 3 N–H and O–H groups in total. The van der Waals surface area contributed by atoms with Crippen LogP contribution in [-0.4, -0.2) is 19.6 Å². The molecular formula is C23H26N6O. The zero-order valence-corrected chi connectivity index (χ0v) is 17.5. The summed E-state index contributed by atoms with van der Waals surface area (Å²) in [5.74, 6) is 0.863. The second-order valence-corrected chi connectivity index (χ2v) is 7.47. The zero-order valence-electron chi connectivity index (χ0n) is 17.5. The molecule has 7 heteroatoms. The van der Waals surface area contributed by atoms with Gasteiger partial charge in [-0.3, -0.25) is 9.89 Å². The van der Waals surface area contributed by atoms with Crippen molar-refractivity contribution >= 4 is 17.4 Å². The second-order valence-electron chi connectivity index (χ2n) is 7.47. The Morgan fingerprint density at radius 1 is 0.900 bits per heavy atom. The molecule has 154 valence electrons. The first-order valence-corrected chi connectivity index (χ1v) is 10.1. The van der Waals surface area contributed by atoms with E-state index in [1.165, 1.54) is 27.3 Å². The third-order valence-corrected chi connectivity index (χ3v) is 5.26. The van der Waals surface area contributed by atoms with Gasteiger partial charge in [-0.05, 0) is 54.7 Å². The Hall–Kier alpha value is -3.61. The SMILES string of the molecule is CCc1ccc(CNc2nc3nc(CNc4ccc(C)c(C)c4)cc(=O)n3[nH]2)cc1. The molecule has 30 heavy (non-hydrogen) atoms. The Morgan fingerprint density at radius 2 is 1.67 bits per heavy atom. The lowest BCUT2D eigenvalue weighted by Crippen LogP contribution is -2.17. The maximum atomic E-state index is 12.5. The van der Waals surface area contributed by atoms with Crippen molar-refractivity contribution in [1.29, 1.82) is 0 Å². The summed E-state index contributed by atoms with van der Waals surface area (Å²) in [4.78, 5) is 21.4. The summed E-state index contributed by atoms with van der Waals surface area (Å²) in [6.45, 7) is 7.36. The highest BCUT2D eigenvalue weighted by atomic mass is 16.1. The predicted molar refractivity (Wildman–Crippen MR) is 120 cm³/mol. The molecule has 4 rings (SSSR count). The van der Waals surface area contributed by atoms with E-state index in [4.69, 9.17) is 0 Å². The van der Waals surface area contributed by atoms with E-state index in [-0.39, 0.29) is 5.56 Å². The molecule has 0 unspecified atom stereocenters. The van der Waals surface area contributed by atoms with Gasteiger partial charge in [-0.15, -0.1) is 0 Å². The molecule has 0 atom stereocenters. The quantitative estimate of drug-likeness (QED) is 0.437. The Bertz CT molecular complexity index is 1220. The summed E-state index contributed by atoms with van der Waals surface area (Å²) in [5, 5.41) is 9.51. The molecule has 2 aromatic carbocycles. The summed E-state index contributed by atoms with van der Waals surface area (Å²) in [5.41, 5.74) is 6.37. The number of benzene rings is 2. The molecule has 0 bridgehead atoms. The van der Waals surface area contributed by atoms with E-state index >= 15 is 0 Å². The van der Waals surface area contributed by atoms with Gasteiger partial charge in [-0.25, -0.2) is 4.98 Å². The molecule has 0 fully saturated rings. The van der Waals surface area contributed by atoms with Crippen LogP contribution < -0.4 is 16.2 Å². The molecule has 0 radical (unpaired) electrons. The third-order valence-electron chi connectivity index (χ3n) is 5.26. The van der Waals surface area contributed by atoms with Gasteiger partial charge < -0.3 is 10.6 Å². The van der Waals surface area contributed by atoms with Gasteiger partial charge in [0.1, 0.15) is 0 Å². The van der Waals surface area contributed by atoms with E-state index in [1.807, 2.05) is 6.07 Å². The molecule has 0 aliphatic heterocycles. The number of hydrogen-bond acceptors (Lipinski definition) is 5. The van der Waals surface area contributed by atoms with Crippen LogP contribution in [0.15, 0.2) is 53.3 Å². The maximum absolute atomic E-state index is 12.5. The minimum atomic E-state index is -0.190. The molecule has 0 saturated heterocycles. The van der Waals surface area contributed by atoms with Gasteiger partial charge in [0.15, 0.2) is 0 Å². The molecule has 0 aliphatic rings. The third kappa shape index (κ3) is 4.35. The molecule has 0 aliphatic carbocycles. The first kappa shape index (κ1) is 19.7. The van der Waals surface area contributed by atoms with Gasteiger partial charge >= 0.3 is 0 Å². The number of H-pyrrole nitrogens is 1. The largest absolute Gasteiger partial charge is 0.379 e. The fraction of sp³-hybridized carbons (Fsp3) is 0.261. The molecule has 2 heterocycles. The van der Waals surface area contributed by atoms with Gasteiger partial charge in [0.2, 0.25) is 5.95 Å². The van der Waals surface area contributed by atoms with Gasteiger partial charge in [-0.1, -0.05) is 37.3 Å². The van der Waals surface area contributed by atoms with E-state index < -0.39 is 0 Å². The van der Waals surface area contributed by atoms with Gasteiger partial charge in [0.05, 0.1) is 12.2 Å². The number of rotatable bonds is 7. The van der Waals surface area contributed by atoms with Crippen molar-refractivity contribution in [3.63, 3.8) is 0 Å². The Kier molecular flexibility index (Phi) is 5.52. The van der Waals surface area contributed by atoms with Crippen molar-refractivity contribution in [3.05, 3.63) is 86.8 Å². The molecule has 2 aromatic heterocycles. The predicted octanol–water partition coefficient (Wildman–Crippen LogP) is 3.82. The van der Waals surface area contributed by atoms with Crippen LogP contribution in [-0.2, 0) is 19.5 Å². The molecule has 0 amide bonds. The normalized spacial score (nSPS) is 11.0. The van der Waals surface area contributed by atoms with Crippen LogP contribution in [0.3, 0.4) is 0 Å². The van der Waals surface area contributed by atoms with Crippen LogP contribution in [0.25, 0.3) is 5.78 Å². The number of hydrogen-bond donors (Lipinski definition) is 3. The van der Waals surface area contributed by atoms with Crippen LogP contribution >= 0.6 is 0 Å². The highest BCUT2D eigenvalue weighted by Gasteiger charge is 2.08. The monoisotopic (exact) mass is 402 g/mol. The average molecular weight is 403 g/mol. The van der Waals surface area contributed by atoms with Crippen LogP contribution in [0.4, 0.5) is 11.6 Å². The molecular weight excluding hydrogens is 376 g/mol. The van der Waals surface area contributed by atoms with Crippen molar-refractivity contribution < 1.29 is 0 Å². The fourth-order valence-electron chi connectivity index (χ4n) is 3.22. The van der Waals surface area contributed by atoms with Gasteiger partial charge in [0, 0.05) is 18.3 Å². The Balaban J connectivity index is 1.46. The Labute approximate surface area is 175 Å². The summed E-state index contributed by atoms with van der Waals surface area (Å²) in [6.07, 6.45) is 1.02. The molecule has 0 spiro atoms. The highest BCUT2D eigenvalue weighted by Crippen LogP contribution is 2.15. The molecule has 7 nitrogen and oxygen atoms in total. The minimum Gasteiger partial charge on any atom is -0.379 e. The lowest BCUT2D eigenvalue weighted by molar-refractivity contribution is 0.874. The van der Waals surface area contributed by atoms with E-state index in [0.717, 1.165) is 17.7 Å². The summed E-state index contributed by atoms with van der Waals surface area (Å²) in [7, 11) is 0. The number of fused-ring (bicyclic) bond motifs is 1. The van der Waals surface area contributed by atoms with Crippen LogP contribution in [0.1, 0.15) is 34.9 Å². The standard InChI is InChI=1S/C23H26N6O/c1-4-17-6-8-18(9-7-17)13-25-22-27-23-26-20(12-21(30)29(23)28-22)14-24-19-10-5-15(2)16(3)11-19/h5-12,24H,4,13-14H2,1-3H3,(H2,25,26,27,28). The maximum Gasteiger partial charge on any atom is 0.274 e. The number of aryl methyl sites for hydroxylation is 3. The second kappa shape index (κ2) is 8.41. The molecule has 0 saturated carbocycles. The van der Waals surface area contributed by atoms with Crippen molar-refractivity contribution in [3.8, 4) is 0 Å². The van der Waals surface area contributed by atoms with E-state index in [9.17, 15) is 4.79 Å². The van der Waals surface area contributed by atoms with Crippen molar-refractivity contribution in [2.24, 2.45) is 0 Å². The van der Waals surface area contributed by atoms with E-state index in [1.54, 1.807) is 0 Å². The number of aromatic amines is 1.